The molecule has 35 heavy (non-hydrogen) atoms. The summed E-state index contributed by atoms with van der Waals surface area (Å²) in [6.07, 6.45) is 0.663. The number of hydrogen-bond donors (Lipinski definition) is 1. The maximum atomic E-state index is 12.6. The van der Waals surface area contributed by atoms with Gasteiger partial charge in [0.05, 0.1) is 18.9 Å². The van der Waals surface area contributed by atoms with E-state index in [1.807, 2.05) is 6.92 Å². The summed E-state index contributed by atoms with van der Waals surface area (Å²) in [5.41, 5.74) is 2.27. The van der Waals surface area contributed by atoms with Crippen molar-refractivity contribution in [3.63, 3.8) is 0 Å². The quantitative estimate of drug-likeness (QED) is 0.453. The SMILES string of the molecule is CCCCS(=O)(=O)NC(=O)c1ccc2nc(C)n(Cc3ccc(N(C)C(=O)OCC)cc3Cl)c2n1. The third-order valence-corrected chi connectivity index (χ3v) is 7.00. The predicted molar refractivity (Wildman–Crippen MR) is 134 cm³/mol. The van der Waals surface area contributed by atoms with Gasteiger partial charge in [-0.3, -0.25) is 9.69 Å². The monoisotopic (exact) mass is 521 g/mol. The van der Waals surface area contributed by atoms with E-state index in [-0.39, 0.29) is 18.1 Å². The van der Waals surface area contributed by atoms with Crippen LogP contribution in [0.1, 0.15) is 48.6 Å². The molecule has 0 aliphatic carbocycles. The van der Waals surface area contributed by atoms with Gasteiger partial charge in [-0.2, -0.15) is 0 Å². The Morgan fingerprint density at radius 3 is 2.57 bits per heavy atom. The van der Waals surface area contributed by atoms with Crippen molar-refractivity contribution in [3.05, 3.63) is 52.4 Å². The molecule has 0 aliphatic rings. The maximum absolute atomic E-state index is 12.6. The normalized spacial score (nSPS) is 11.5. The summed E-state index contributed by atoms with van der Waals surface area (Å²) in [4.78, 5) is 34.8. The van der Waals surface area contributed by atoms with E-state index in [2.05, 4.69) is 14.7 Å². The molecule has 1 aromatic carbocycles. The van der Waals surface area contributed by atoms with E-state index in [0.717, 1.165) is 5.56 Å². The number of hydrogen-bond acceptors (Lipinski definition) is 7. The number of ether oxygens (including phenoxy) is 1. The number of nitrogens with zero attached hydrogens (tertiary/aromatic N) is 4. The Morgan fingerprint density at radius 2 is 1.91 bits per heavy atom. The van der Waals surface area contributed by atoms with Gasteiger partial charge in [-0.25, -0.2) is 27.9 Å². The van der Waals surface area contributed by atoms with E-state index in [9.17, 15) is 18.0 Å². The molecule has 0 bridgehead atoms. The van der Waals surface area contributed by atoms with Crippen LogP contribution in [0.2, 0.25) is 5.02 Å². The van der Waals surface area contributed by atoms with Crippen LogP contribution in [-0.2, 0) is 21.3 Å². The number of pyridine rings is 1. The summed E-state index contributed by atoms with van der Waals surface area (Å²) in [5.74, 6) is -0.281. The van der Waals surface area contributed by atoms with Crippen LogP contribution in [-0.4, -0.2) is 54.4 Å². The molecule has 10 nitrogen and oxygen atoms in total. The van der Waals surface area contributed by atoms with Gasteiger partial charge in [-0.1, -0.05) is 31.0 Å². The highest BCUT2D eigenvalue weighted by atomic mass is 35.5. The fourth-order valence-corrected chi connectivity index (χ4v) is 4.77. The number of amides is 2. The summed E-state index contributed by atoms with van der Waals surface area (Å²) >= 11 is 6.51. The van der Waals surface area contributed by atoms with Crippen molar-refractivity contribution >= 4 is 50.5 Å². The second kappa shape index (κ2) is 11.0. The average molecular weight is 522 g/mol. The standard InChI is InChI=1S/C23H28ClN5O5S/c1-5-7-12-35(32,33)27-22(30)20-11-10-19-21(26-20)29(15(3)25-19)14-16-8-9-17(13-18(16)24)28(4)23(31)34-6-2/h8-11,13H,5-7,12,14H2,1-4H3,(H,27,30). The summed E-state index contributed by atoms with van der Waals surface area (Å²) in [6.45, 7) is 5.97. The Kier molecular flexibility index (Phi) is 8.34. The number of fused-ring (bicyclic) bond motifs is 1. The Hall–Kier alpha value is -3.18. The van der Waals surface area contributed by atoms with Crippen LogP contribution in [0.25, 0.3) is 11.2 Å². The molecule has 3 aromatic rings. The van der Waals surface area contributed by atoms with Crippen molar-refractivity contribution in [2.45, 2.75) is 40.2 Å². The third kappa shape index (κ3) is 6.29. The number of imidazole rings is 1. The predicted octanol–water partition coefficient (Wildman–Crippen LogP) is 3.89. The number of nitrogens with one attached hydrogen (secondary N) is 1. The molecule has 0 spiro atoms. The molecule has 2 heterocycles. The van der Waals surface area contributed by atoms with Gasteiger partial charge < -0.3 is 9.30 Å². The van der Waals surface area contributed by atoms with Gasteiger partial charge in [-0.15, -0.1) is 0 Å². The molecular formula is C23H28ClN5O5S. The summed E-state index contributed by atoms with van der Waals surface area (Å²) in [6, 6.07) is 8.26. The number of unbranched alkanes of at least 4 members (excludes halogenated alkanes) is 1. The fraction of sp³-hybridized carbons (Fsp3) is 0.391. The van der Waals surface area contributed by atoms with E-state index < -0.39 is 22.0 Å². The van der Waals surface area contributed by atoms with E-state index >= 15 is 0 Å². The zero-order chi connectivity index (χ0) is 25.8. The second-order valence-electron chi connectivity index (χ2n) is 7.92. The largest absolute Gasteiger partial charge is 0.449 e. The Balaban J connectivity index is 1.88. The molecule has 0 saturated carbocycles. The van der Waals surface area contributed by atoms with Gasteiger partial charge in [0.2, 0.25) is 10.0 Å². The van der Waals surface area contributed by atoms with Crippen molar-refractivity contribution in [3.8, 4) is 0 Å². The fourth-order valence-electron chi connectivity index (χ4n) is 3.38. The lowest BCUT2D eigenvalue weighted by Gasteiger charge is -2.18. The van der Waals surface area contributed by atoms with Crippen LogP contribution < -0.4 is 9.62 Å². The van der Waals surface area contributed by atoms with Crippen LogP contribution in [0.4, 0.5) is 10.5 Å². The van der Waals surface area contributed by atoms with Crippen LogP contribution >= 0.6 is 11.6 Å². The molecule has 0 unspecified atom stereocenters. The first-order valence-corrected chi connectivity index (χ1v) is 13.2. The highest BCUT2D eigenvalue weighted by Crippen LogP contribution is 2.26. The van der Waals surface area contributed by atoms with Gasteiger partial charge in [0, 0.05) is 17.8 Å². The van der Waals surface area contributed by atoms with Crippen molar-refractivity contribution in [2.75, 3.05) is 24.3 Å². The molecule has 0 atom stereocenters. The van der Waals surface area contributed by atoms with Crippen LogP contribution in [0.5, 0.6) is 0 Å². The Labute approximate surface area is 209 Å². The van der Waals surface area contributed by atoms with Crippen molar-refractivity contribution in [1.82, 2.24) is 19.3 Å². The van der Waals surface area contributed by atoms with E-state index in [4.69, 9.17) is 16.3 Å². The lowest BCUT2D eigenvalue weighted by molar-refractivity contribution is 0.0976. The number of halogens is 1. The van der Waals surface area contributed by atoms with Gasteiger partial charge in [0.25, 0.3) is 5.91 Å². The Morgan fingerprint density at radius 1 is 1.17 bits per heavy atom. The minimum absolute atomic E-state index is 0.0313. The zero-order valence-electron chi connectivity index (χ0n) is 20.0. The smallest absolute Gasteiger partial charge is 0.413 e. The zero-order valence-corrected chi connectivity index (χ0v) is 21.6. The molecule has 2 aromatic heterocycles. The first-order chi connectivity index (χ1) is 16.6. The molecule has 3 rings (SSSR count). The highest BCUT2D eigenvalue weighted by molar-refractivity contribution is 7.90. The number of carbonyl (C=O) groups excluding carboxylic acids is 2. The molecule has 188 valence electrons. The Bertz CT molecular complexity index is 1360. The number of sulfonamides is 1. The van der Waals surface area contributed by atoms with Crippen LogP contribution in [0, 0.1) is 6.92 Å². The van der Waals surface area contributed by atoms with Crippen molar-refractivity contribution in [2.24, 2.45) is 0 Å². The summed E-state index contributed by atoms with van der Waals surface area (Å²) < 4.78 is 33.1. The molecular weight excluding hydrogens is 494 g/mol. The first-order valence-electron chi connectivity index (χ1n) is 11.1. The van der Waals surface area contributed by atoms with Gasteiger partial charge in [0.1, 0.15) is 17.0 Å². The minimum atomic E-state index is -3.74. The van der Waals surface area contributed by atoms with Gasteiger partial charge >= 0.3 is 6.09 Å². The third-order valence-electron chi connectivity index (χ3n) is 5.32. The number of benzene rings is 1. The van der Waals surface area contributed by atoms with Gasteiger partial charge in [-0.05, 0) is 50.1 Å². The number of aromatic nitrogens is 3. The lowest BCUT2D eigenvalue weighted by Crippen LogP contribution is -2.33. The molecule has 0 aliphatic heterocycles. The average Bonchev–Trinajstić information content (AvgIpc) is 3.12. The lowest BCUT2D eigenvalue weighted by atomic mass is 10.2. The van der Waals surface area contributed by atoms with Gasteiger partial charge in [0.15, 0.2) is 5.65 Å². The summed E-state index contributed by atoms with van der Waals surface area (Å²) in [7, 11) is -2.15. The number of aryl methyl sites for hydroxylation is 1. The molecule has 0 fully saturated rings. The molecule has 2 amide bonds. The topological polar surface area (TPSA) is 123 Å². The second-order valence-corrected chi connectivity index (χ2v) is 10.2. The number of carbonyl (C=O) groups is 2. The number of rotatable bonds is 9. The minimum Gasteiger partial charge on any atom is -0.449 e. The van der Waals surface area contributed by atoms with Crippen molar-refractivity contribution < 1.29 is 22.7 Å². The first kappa shape index (κ1) is 26.4. The van der Waals surface area contributed by atoms with Crippen molar-refractivity contribution in [1.29, 1.82) is 0 Å². The highest BCUT2D eigenvalue weighted by Gasteiger charge is 2.19. The van der Waals surface area contributed by atoms with E-state index in [1.54, 1.807) is 49.7 Å². The van der Waals surface area contributed by atoms with E-state index in [1.165, 1.54) is 11.0 Å². The van der Waals surface area contributed by atoms with E-state index in [0.29, 0.717) is 47.1 Å². The number of anilines is 1. The summed E-state index contributed by atoms with van der Waals surface area (Å²) in [5, 5.41) is 0.427. The van der Waals surface area contributed by atoms with Crippen LogP contribution in [0.15, 0.2) is 30.3 Å². The molecule has 0 saturated heterocycles. The molecule has 1 N–H and O–H groups in total. The molecule has 0 radical (unpaired) electrons. The van der Waals surface area contributed by atoms with Crippen LogP contribution in [0.3, 0.4) is 0 Å². The molecule has 12 heteroatoms. The maximum Gasteiger partial charge on any atom is 0.413 e.